The molecule has 0 saturated carbocycles. The van der Waals surface area contributed by atoms with Gasteiger partial charge in [0.2, 0.25) is 0 Å². The Balaban J connectivity index is 2.62. The molecule has 0 radical (unpaired) electrons. The first-order chi connectivity index (χ1) is 8.65. The minimum atomic E-state index is 0.566. The first-order valence-electron chi connectivity index (χ1n) is 5.68. The average molecular weight is 244 g/mol. The van der Waals surface area contributed by atoms with Gasteiger partial charge >= 0.3 is 0 Å². The quantitative estimate of drug-likeness (QED) is 0.897. The van der Waals surface area contributed by atoms with Crippen molar-refractivity contribution in [3.63, 3.8) is 0 Å². The Hall–Kier alpha value is -2.17. The van der Waals surface area contributed by atoms with E-state index >= 15 is 0 Å². The van der Waals surface area contributed by atoms with Crippen LogP contribution >= 0.6 is 0 Å². The van der Waals surface area contributed by atoms with Crippen molar-refractivity contribution in [3.05, 3.63) is 29.5 Å². The van der Waals surface area contributed by atoms with Gasteiger partial charge in [0.15, 0.2) is 5.82 Å². The fraction of sp³-hybridized carbons (Fsp3) is 0.308. The number of hydrogen-bond acceptors (Lipinski definition) is 5. The van der Waals surface area contributed by atoms with Crippen molar-refractivity contribution in [1.82, 2.24) is 15.2 Å². The van der Waals surface area contributed by atoms with Gasteiger partial charge in [0, 0.05) is 7.05 Å². The number of benzene rings is 1. The van der Waals surface area contributed by atoms with Gasteiger partial charge in [0.05, 0.1) is 18.9 Å². The zero-order valence-electron chi connectivity index (χ0n) is 11.0. The van der Waals surface area contributed by atoms with E-state index in [0.717, 1.165) is 22.4 Å². The molecule has 0 saturated heterocycles. The summed E-state index contributed by atoms with van der Waals surface area (Å²) < 4.78 is 5.41. The molecule has 0 unspecified atom stereocenters. The number of aromatic nitrogens is 3. The molecule has 1 N–H and O–H groups in total. The van der Waals surface area contributed by atoms with Crippen molar-refractivity contribution < 1.29 is 4.74 Å². The normalized spacial score (nSPS) is 10.2. The van der Waals surface area contributed by atoms with E-state index < -0.39 is 0 Å². The van der Waals surface area contributed by atoms with E-state index in [2.05, 4.69) is 26.6 Å². The van der Waals surface area contributed by atoms with Crippen molar-refractivity contribution in [2.24, 2.45) is 0 Å². The molecular weight excluding hydrogens is 228 g/mol. The minimum Gasteiger partial charge on any atom is -0.496 e. The van der Waals surface area contributed by atoms with Crippen LogP contribution in [0.2, 0.25) is 0 Å². The molecule has 18 heavy (non-hydrogen) atoms. The number of nitrogens with zero attached hydrogens (tertiary/aromatic N) is 3. The molecule has 1 aromatic heterocycles. The maximum absolute atomic E-state index is 5.41. The maximum Gasteiger partial charge on any atom is 0.187 e. The lowest BCUT2D eigenvalue weighted by atomic mass is 10.0. The molecule has 0 amide bonds. The Labute approximate surface area is 106 Å². The predicted octanol–water partition coefficient (Wildman–Crippen LogP) is 2.21. The second-order valence-corrected chi connectivity index (χ2v) is 4.07. The highest BCUT2D eigenvalue weighted by atomic mass is 16.5. The predicted molar refractivity (Wildman–Crippen MR) is 70.8 cm³/mol. The number of methoxy groups -OCH3 is 1. The Bertz CT molecular complexity index is 569. The molecule has 5 nitrogen and oxygen atoms in total. The number of anilines is 1. The van der Waals surface area contributed by atoms with Crippen molar-refractivity contribution >= 4 is 5.82 Å². The van der Waals surface area contributed by atoms with Gasteiger partial charge < -0.3 is 10.1 Å². The topological polar surface area (TPSA) is 59.9 Å². The van der Waals surface area contributed by atoms with Gasteiger partial charge in [-0.05, 0) is 31.0 Å². The zero-order valence-corrected chi connectivity index (χ0v) is 11.0. The molecule has 1 aromatic carbocycles. The standard InChI is InChI=1S/C13H16N4O/c1-8-5-9(2)12(10(6-8)18-4)13-16-11(14-3)7-15-17-13/h5-7H,1-4H3,(H,14,16,17). The van der Waals surface area contributed by atoms with Crippen molar-refractivity contribution in [2.75, 3.05) is 19.5 Å². The molecular formula is C13H16N4O. The van der Waals surface area contributed by atoms with Gasteiger partial charge in [-0.25, -0.2) is 4.98 Å². The summed E-state index contributed by atoms with van der Waals surface area (Å²) in [6.45, 7) is 4.04. The van der Waals surface area contributed by atoms with Crippen LogP contribution in [0.25, 0.3) is 11.4 Å². The molecule has 0 aliphatic rings. The maximum atomic E-state index is 5.41. The minimum absolute atomic E-state index is 0.566. The van der Waals surface area contributed by atoms with Crippen LogP contribution in [0.3, 0.4) is 0 Å². The summed E-state index contributed by atoms with van der Waals surface area (Å²) in [5.41, 5.74) is 3.10. The lowest BCUT2D eigenvalue weighted by molar-refractivity contribution is 0.415. The molecule has 0 bridgehead atoms. The Kier molecular flexibility index (Phi) is 3.41. The number of ether oxygens (including phenoxy) is 1. The fourth-order valence-electron chi connectivity index (χ4n) is 1.91. The molecule has 1 heterocycles. The monoisotopic (exact) mass is 244 g/mol. The fourth-order valence-corrected chi connectivity index (χ4v) is 1.91. The summed E-state index contributed by atoms with van der Waals surface area (Å²) in [6, 6.07) is 4.05. The van der Waals surface area contributed by atoms with Crippen molar-refractivity contribution in [1.29, 1.82) is 0 Å². The van der Waals surface area contributed by atoms with Crippen LogP contribution in [0.1, 0.15) is 11.1 Å². The molecule has 2 aromatic rings. The molecule has 2 rings (SSSR count). The zero-order chi connectivity index (χ0) is 13.1. The largest absolute Gasteiger partial charge is 0.496 e. The Morgan fingerprint density at radius 3 is 2.67 bits per heavy atom. The lowest BCUT2D eigenvalue weighted by Crippen LogP contribution is -2.01. The van der Waals surface area contributed by atoms with Crippen LogP contribution in [0.4, 0.5) is 5.82 Å². The summed E-state index contributed by atoms with van der Waals surface area (Å²) in [4.78, 5) is 4.40. The SMILES string of the molecule is CNc1cnnc(-c2c(C)cc(C)cc2OC)n1. The van der Waals surface area contributed by atoms with E-state index in [1.165, 1.54) is 0 Å². The molecule has 5 heteroatoms. The average Bonchev–Trinajstić information content (AvgIpc) is 2.37. The summed E-state index contributed by atoms with van der Waals surface area (Å²) >= 11 is 0. The van der Waals surface area contributed by atoms with E-state index in [-0.39, 0.29) is 0 Å². The Morgan fingerprint density at radius 1 is 1.22 bits per heavy atom. The van der Waals surface area contributed by atoms with E-state index in [4.69, 9.17) is 4.74 Å². The molecule has 94 valence electrons. The Morgan fingerprint density at radius 2 is 2.00 bits per heavy atom. The van der Waals surface area contributed by atoms with Gasteiger partial charge in [-0.15, -0.1) is 5.10 Å². The second kappa shape index (κ2) is 5.00. The van der Waals surface area contributed by atoms with Crippen LogP contribution in [-0.2, 0) is 0 Å². The van der Waals surface area contributed by atoms with Gasteiger partial charge in [-0.2, -0.15) is 5.10 Å². The third-order valence-corrected chi connectivity index (χ3v) is 2.70. The third-order valence-electron chi connectivity index (χ3n) is 2.70. The van der Waals surface area contributed by atoms with E-state index in [9.17, 15) is 0 Å². The summed E-state index contributed by atoms with van der Waals surface area (Å²) in [5.74, 6) is 2.01. The van der Waals surface area contributed by atoms with Crippen LogP contribution in [0.5, 0.6) is 5.75 Å². The van der Waals surface area contributed by atoms with Crippen molar-refractivity contribution in [2.45, 2.75) is 13.8 Å². The van der Waals surface area contributed by atoms with E-state index in [0.29, 0.717) is 11.6 Å². The smallest absolute Gasteiger partial charge is 0.187 e. The van der Waals surface area contributed by atoms with Gasteiger partial charge in [-0.1, -0.05) is 6.07 Å². The number of rotatable bonds is 3. The summed E-state index contributed by atoms with van der Waals surface area (Å²) in [5, 5.41) is 11.0. The first kappa shape index (κ1) is 12.3. The highest BCUT2D eigenvalue weighted by Gasteiger charge is 2.13. The first-order valence-corrected chi connectivity index (χ1v) is 5.68. The van der Waals surface area contributed by atoms with Gasteiger partial charge in [0.25, 0.3) is 0 Å². The molecule has 0 atom stereocenters. The summed E-state index contributed by atoms with van der Waals surface area (Å²) in [6.07, 6.45) is 1.58. The molecule has 0 spiro atoms. The van der Waals surface area contributed by atoms with Crippen molar-refractivity contribution in [3.8, 4) is 17.1 Å². The number of nitrogens with one attached hydrogen (secondary N) is 1. The highest BCUT2D eigenvalue weighted by Crippen LogP contribution is 2.32. The van der Waals surface area contributed by atoms with Crippen LogP contribution in [0.15, 0.2) is 18.3 Å². The van der Waals surface area contributed by atoms with E-state index in [1.54, 1.807) is 20.4 Å². The number of hydrogen-bond donors (Lipinski definition) is 1. The number of aryl methyl sites for hydroxylation is 2. The lowest BCUT2D eigenvalue weighted by Gasteiger charge is -2.11. The van der Waals surface area contributed by atoms with Crippen LogP contribution in [0, 0.1) is 13.8 Å². The van der Waals surface area contributed by atoms with E-state index in [1.807, 2.05) is 19.9 Å². The molecule has 0 fully saturated rings. The van der Waals surface area contributed by atoms with Crippen LogP contribution < -0.4 is 10.1 Å². The molecule has 0 aliphatic heterocycles. The highest BCUT2D eigenvalue weighted by molar-refractivity contribution is 5.69. The molecule has 0 aliphatic carbocycles. The summed E-state index contributed by atoms with van der Waals surface area (Å²) in [7, 11) is 3.44. The second-order valence-electron chi connectivity index (χ2n) is 4.07. The third kappa shape index (κ3) is 2.25. The van der Waals surface area contributed by atoms with Gasteiger partial charge in [0.1, 0.15) is 11.6 Å². The van der Waals surface area contributed by atoms with Crippen LogP contribution in [-0.4, -0.2) is 29.3 Å². The van der Waals surface area contributed by atoms with Gasteiger partial charge in [-0.3, -0.25) is 0 Å².